The first-order valence-corrected chi connectivity index (χ1v) is 8.95. The van der Waals surface area contributed by atoms with E-state index in [1.165, 1.54) is 7.11 Å². The van der Waals surface area contributed by atoms with Gasteiger partial charge in [-0.25, -0.2) is 4.98 Å². The van der Waals surface area contributed by atoms with Crippen molar-refractivity contribution >= 4 is 5.91 Å². The highest BCUT2D eigenvalue weighted by Gasteiger charge is 2.16. The lowest BCUT2D eigenvalue weighted by Gasteiger charge is -2.22. The van der Waals surface area contributed by atoms with Crippen LogP contribution in [0.1, 0.15) is 34.3 Å². The molecule has 1 saturated heterocycles. The molecule has 1 fully saturated rings. The fourth-order valence-electron chi connectivity index (χ4n) is 2.89. The van der Waals surface area contributed by atoms with Crippen LogP contribution in [0, 0.1) is 0 Å². The van der Waals surface area contributed by atoms with Crippen LogP contribution in [-0.2, 0) is 17.9 Å². The van der Waals surface area contributed by atoms with Crippen molar-refractivity contribution in [3.8, 4) is 11.6 Å². The van der Waals surface area contributed by atoms with E-state index in [2.05, 4.69) is 10.3 Å². The highest BCUT2D eigenvalue weighted by molar-refractivity contribution is 5.97. The molecule has 0 saturated carbocycles. The Morgan fingerprint density at radius 1 is 1.26 bits per heavy atom. The smallest absolute Gasteiger partial charge is 0.255 e. The molecule has 1 aliphatic heterocycles. The van der Waals surface area contributed by atoms with Crippen molar-refractivity contribution in [1.82, 2.24) is 10.3 Å². The molecule has 0 unspecified atom stereocenters. The normalized spacial score (nSPS) is 14.6. The first kappa shape index (κ1) is 19.1. The van der Waals surface area contributed by atoms with E-state index in [4.69, 9.17) is 14.2 Å². The summed E-state index contributed by atoms with van der Waals surface area (Å²) in [5.74, 6) is 0.732. The number of carbonyl (C=O) groups excluding carboxylic acids is 1. The second kappa shape index (κ2) is 9.34. The molecule has 7 heteroatoms. The van der Waals surface area contributed by atoms with E-state index < -0.39 is 0 Å². The number of methoxy groups -OCH3 is 1. The predicted molar refractivity (Wildman–Crippen MR) is 98.8 cm³/mol. The van der Waals surface area contributed by atoms with Gasteiger partial charge in [-0.15, -0.1) is 0 Å². The molecule has 0 aliphatic carbocycles. The lowest BCUT2D eigenvalue weighted by atomic mass is 10.1. The number of carbonyl (C=O) groups is 1. The van der Waals surface area contributed by atoms with E-state index in [0.717, 1.165) is 18.4 Å². The second-order valence-corrected chi connectivity index (χ2v) is 6.31. The van der Waals surface area contributed by atoms with Crippen LogP contribution in [0.4, 0.5) is 0 Å². The molecule has 2 heterocycles. The van der Waals surface area contributed by atoms with Gasteiger partial charge >= 0.3 is 0 Å². The van der Waals surface area contributed by atoms with Gasteiger partial charge in [0.05, 0.1) is 32.5 Å². The molecule has 1 aromatic carbocycles. The molecule has 27 heavy (non-hydrogen) atoms. The van der Waals surface area contributed by atoms with Crippen molar-refractivity contribution < 1.29 is 24.1 Å². The Hall–Kier alpha value is -2.64. The van der Waals surface area contributed by atoms with Crippen LogP contribution >= 0.6 is 0 Å². The lowest BCUT2D eigenvalue weighted by Crippen LogP contribution is -2.26. The van der Waals surface area contributed by atoms with Gasteiger partial charge in [0, 0.05) is 31.6 Å². The third kappa shape index (κ3) is 5.18. The number of ether oxygens (including phenoxy) is 3. The summed E-state index contributed by atoms with van der Waals surface area (Å²) in [6.45, 7) is 1.65. The summed E-state index contributed by atoms with van der Waals surface area (Å²) in [5, 5.41) is 12.1. The summed E-state index contributed by atoms with van der Waals surface area (Å²) in [7, 11) is 1.50. The lowest BCUT2D eigenvalue weighted by molar-refractivity contribution is 0.0237. The summed E-state index contributed by atoms with van der Waals surface area (Å²) in [5.41, 5.74) is 2.00. The number of hydrogen-bond acceptors (Lipinski definition) is 6. The molecule has 1 aromatic heterocycles. The number of benzene rings is 1. The largest absolute Gasteiger partial charge is 0.496 e. The third-order valence-electron chi connectivity index (χ3n) is 4.40. The van der Waals surface area contributed by atoms with E-state index in [-0.39, 0.29) is 18.6 Å². The van der Waals surface area contributed by atoms with Crippen LogP contribution < -0.4 is 14.8 Å². The van der Waals surface area contributed by atoms with E-state index >= 15 is 0 Å². The molecule has 144 valence electrons. The van der Waals surface area contributed by atoms with Gasteiger partial charge < -0.3 is 24.6 Å². The first-order valence-electron chi connectivity index (χ1n) is 8.95. The maximum Gasteiger partial charge on any atom is 0.255 e. The average Bonchev–Trinajstić information content (AvgIpc) is 2.72. The van der Waals surface area contributed by atoms with Crippen LogP contribution in [0.3, 0.4) is 0 Å². The van der Waals surface area contributed by atoms with Crippen LogP contribution in [0.15, 0.2) is 36.5 Å². The summed E-state index contributed by atoms with van der Waals surface area (Å²) in [4.78, 5) is 16.7. The standard InChI is InChI=1S/C20H24N2O5/c1-25-18-10-15(13-23)2-3-17(18)20(24)22-12-14-4-7-21-19(11-14)27-16-5-8-26-9-6-16/h2-4,7,10-11,16,23H,5-6,8-9,12-13H2,1H3,(H,22,24). The zero-order valence-corrected chi connectivity index (χ0v) is 15.3. The molecular weight excluding hydrogens is 348 g/mol. The first-order chi connectivity index (χ1) is 13.2. The van der Waals surface area contributed by atoms with Crippen molar-refractivity contribution in [2.75, 3.05) is 20.3 Å². The summed E-state index contributed by atoms with van der Waals surface area (Å²) in [6.07, 6.45) is 3.50. The Balaban J connectivity index is 1.61. The van der Waals surface area contributed by atoms with E-state index in [1.54, 1.807) is 24.4 Å². The van der Waals surface area contributed by atoms with Crippen molar-refractivity contribution in [1.29, 1.82) is 0 Å². The van der Waals surface area contributed by atoms with Gasteiger partial charge in [0.2, 0.25) is 5.88 Å². The van der Waals surface area contributed by atoms with Crippen molar-refractivity contribution in [2.24, 2.45) is 0 Å². The number of hydrogen-bond donors (Lipinski definition) is 2. The van der Waals surface area contributed by atoms with E-state index in [9.17, 15) is 9.90 Å². The van der Waals surface area contributed by atoms with Crippen molar-refractivity contribution in [2.45, 2.75) is 32.1 Å². The fourth-order valence-corrected chi connectivity index (χ4v) is 2.89. The van der Waals surface area contributed by atoms with Crippen LogP contribution in [0.2, 0.25) is 0 Å². The summed E-state index contributed by atoms with van der Waals surface area (Å²) < 4.78 is 16.5. The van der Waals surface area contributed by atoms with Crippen molar-refractivity contribution in [3.63, 3.8) is 0 Å². The monoisotopic (exact) mass is 372 g/mol. The Kier molecular flexibility index (Phi) is 6.62. The van der Waals surface area contributed by atoms with Gasteiger partial charge in [0.15, 0.2) is 0 Å². The van der Waals surface area contributed by atoms with Gasteiger partial charge in [-0.2, -0.15) is 0 Å². The molecule has 2 aromatic rings. The van der Waals surface area contributed by atoms with Crippen LogP contribution in [0.25, 0.3) is 0 Å². The highest BCUT2D eigenvalue weighted by atomic mass is 16.5. The maximum absolute atomic E-state index is 12.5. The maximum atomic E-state index is 12.5. The quantitative estimate of drug-likeness (QED) is 0.773. The molecule has 7 nitrogen and oxygen atoms in total. The molecular formula is C20H24N2O5. The van der Waals surface area contributed by atoms with Crippen molar-refractivity contribution in [3.05, 3.63) is 53.2 Å². The van der Waals surface area contributed by atoms with Gasteiger partial charge in [0.25, 0.3) is 5.91 Å². The zero-order chi connectivity index (χ0) is 19.1. The number of aliphatic hydroxyl groups is 1. The number of aromatic nitrogens is 1. The number of amides is 1. The fraction of sp³-hybridized carbons (Fsp3) is 0.400. The topological polar surface area (TPSA) is 89.9 Å². The molecule has 0 atom stereocenters. The highest BCUT2D eigenvalue weighted by Crippen LogP contribution is 2.21. The Labute approximate surface area is 158 Å². The molecule has 0 radical (unpaired) electrons. The van der Waals surface area contributed by atoms with E-state index in [1.807, 2.05) is 12.1 Å². The Morgan fingerprint density at radius 2 is 2.07 bits per heavy atom. The molecule has 3 rings (SSSR count). The van der Waals surface area contributed by atoms with Crippen LogP contribution in [-0.4, -0.2) is 42.4 Å². The molecule has 0 bridgehead atoms. The van der Waals surface area contributed by atoms with Gasteiger partial charge in [-0.1, -0.05) is 6.07 Å². The zero-order valence-electron chi connectivity index (χ0n) is 15.3. The van der Waals surface area contributed by atoms with Gasteiger partial charge in [-0.3, -0.25) is 4.79 Å². The molecule has 0 spiro atoms. The minimum Gasteiger partial charge on any atom is -0.496 e. The SMILES string of the molecule is COc1cc(CO)ccc1C(=O)NCc1ccnc(OC2CCOCC2)c1. The minimum atomic E-state index is -0.250. The molecule has 1 amide bonds. The number of pyridine rings is 1. The van der Waals surface area contributed by atoms with Gasteiger partial charge in [-0.05, 0) is 29.3 Å². The van der Waals surface area contributed by atoms with E-state index in [0.29, 0.717) is 42.5 Å². The second-order valence-electron chi connectivity index (χ2n) is 6.31. The average molecular weight is 372 g/mol. The molecule has 2 N–H and O–H groups in total. The third-order valence-corrected chi connectivity index (χ3v) is 4.40. The molecule has 1 aliphatic rings. The summed E-state index contributed by atoms with van der Waals surface area (Å²) in [6, 6.07) is 8.67. The summed E-state index contributed by atoms with van der Waals surface area (Å²) >= 11 is 0. The van der Waals surface area contributed by atoms with Crippen LogP contribution in [0.5, 0.6) is 11.6 Å². The number of nitrogens with zero attached hydrogens (tertiary/aromatic N) is 1. The number of nitrogens with one attached hydrogen (secondary N) is 1. The number of aliphatic hydroxyl groups excluding tert-OH is 1. The van der Waals surface area contributed by atoms with Gasteiger partial charge in [0.1, 0.15) is 11.9 Å². The number of rotatable bonds is 7. The Bertz CT molecular complexity index is 775. The minimum absolute atomic E-state index is 0.106. The predicted octanol–water partition coefficient (Wildman–Crippen LogP) is 2.07. The Morgan fingerprint density at radius 3 is 2.81 bits per heavy atom.